The lowest BCUT2D eigenvalue weighted by Crippen LogP contribution is -2.43. The van der Waals surface area contributed by atoms with Crippen LogP contribution in [0.3, 0.4) is 0 Å². The Morgan fingerprint density at radius 2 is 2.25 bits per heavy atom. The van der Waals surface area contributed by atoms with E-state index in [0.717, 1.165) is 19.5 Å². The molecule has 0 saturated heterocycles. The van der Waals surface area contributed by atoms with Crippen molar-refractivity contribution >= 4 is 5.69 Å². The fraction of sp³-hybridized carbons (Fsp3) is 0.571. The molecule has 0 saturated carbocycles. The molecule has 88 valence electrons. The predicted molar refractivity (Wildman–Crippen MR) is 70.0 cm³/mol. The number of hydrogen-bond donors (Lipinski definition) is 1. The molecule has 1 aromatic carbocycles. The quantitative estimate of drug-likeness (QED) is 0.844. The van der Waals surface area contributed by atoms with Gasteiger partial charge in [-0.1, -0.05) is 24.6 Å². The van der Waals surface area contributed by atoms with E-state index >= 15 is 0 Å². The highest BCUT2D eigenvalue weighted by Crippen LogP contribution is 2.29. The molecule has 1 unspecified atom stereocenters. The normalized spacial score (nSPS) is 17.1. The summed E-state index contributed by atoms with van der Waals surface area (Å²) >= 11 is 0. The number of nitrogens with two attached hydrogens (primary N) is 1. The molecule has 2 heteroatoms. The number of hydrogen-bond acceptors (Lipinski definition) is 2. The van der Waals surface area contributed by atoms with E-state index < -0.39 is 0 Å². The molecule has 1 aromatic rings. The predicted octanol–water partition coefficient (Wildman–Crippen LogP) is 2.48. The Labute approximate surface area is 98.4 Å². The third kappa shape index (κ3) is 2.07. The lowest BCUT2D eigenvalue weighted by Gasteiger charge is -2.37. The molecule has 0 aliphatic carbocycles. The van der Waals surface area contributed by atoms with E-state index in [1.165, 1.54) is 29.7 Å². The maximum absolute atomic E-state index is 5.86. The molecule has 0 fully saturated rings. The van der Waals surface area contributed by atoms with Crippen molar-refractivity contribution in [3.63, 3.8) is 0 Å². The molecule has 0 amide bonds. The smallest absolute Gasteiger partial charge is 0.0409 e. The van der Waals surface area contributed by atoms with Crippen LogP contribution in [0.4, 0.5) is 5.69 Å². The summed E-state index contributed by atoms with van der Waals surface area (Å²) in [6, 6.07) is 7.30. The first kappa shape index (κ1) is 11.5. The standard InChI is InChI=1S/C14H22N2/c1-3-13(10-15)16-8-4-5-12-9-11(2)6-7-14(12)16/h6-7,9,13H,3-5,8,10,15H2,1-2H3. The van der Waals surface area contributed by atoms with Gasteiger partial charge in [-0.25, -0.2) is 0 Å². The first-order chi connectivity index (χ1) is 7.76. The van der Waals surface area contributed by atoms with Gasteiger partial charge in [0.2, 0.25) is 0 Å². The molecule has 1 aliphatic rings. The minimum absolute atomic E-state index is 0.502. The molecule has 1 atom stereocenters. The fourth-order valence-electron chi connectivity index (χ4n) is 2.65. The van der Waals surface area contributed by atoms with E-state index in [1.54, 1.807) is 0 Å². The highest BCUT2D eigenvalue weighted by atomic mass is 15.2. The lowest BCUT2D eigenvalue weighted by atomic mass is 9.97. The Kier molecular flexibility index (Phi) is 3.49. The van der Waals surface area contributed by atoms with Crippen LogP contribution in [0.25, 0.3) is 0 Å². The van der Waals surface area contributed by atoms with Crippen LogP contribution >= 0.6 is 0 Å². The van der Waals surface area contributed by atoms with Crippen molar-refractivity contribution in [2.24, 2.45) is 5.73 Å². The molecule has 2 nitrogen and oxygen atoms in total. The Bertz CT molecular complexity index is 356. The van der Waals surface area contributed by atoms with Gasteiger partial charge in [0.1, 0.15) is 0 Å². The van der Waals surface area contributed by atoms with Crippen LogP contribution in [0.5, 0.6) is 0 Å². The van der Waals surface area contributed by atoms with Gasteiger partial charge < -0.3 is 10.6 Å². The minimum atomic E-state index is 0.502. The van der Waals surface area contributed by atoms with Crippen molar-refractivity contribution in [1.29, 1.82) is 0 Å². The van der Waals surface area contributed by atoms with Gasteiger partial charge in [0, 0.05) is 24.8 Å². The molecule has 0 bridgehead atoms. The number of fused-ring (bicyclic) bond motifs is 1. The van der Waals surface area contributed by atoms with Gasteiger partial charge in [0.15, 0.2) is 0 Å². The Hall–Kier alpha value is -1.02. The summed E-state index contributed by atoms with van der Waals surface area (Å²) in [4.78, 5) is 2.50. The van der Waals surface area contributed by atoms with Crippen molar-refractivity contribution in [1.82, 2.24) is 0 Å². The maximum Gasteiger partial charge on any atom is 0.0409 e. The minimum Gasteiger partial charge on any atom is -0.367 e. The highest BCUT2D eigenvalue weighted by Gasteiger charge is 2.21. The molecule has 0 radical (unpaired) electrons. The van der Waals surface area contributed by atoms with Gasteiger partial charge in [0.25, 0.3) is 0 Å². The second kappa shape index (κ2) is 4.88. The third-order valence-electron chi connectivity index (χ3n) is 3.57. The van der Waals surface area contributed by atoms with Gasteiger partial charge >= 0.3 is 0 Å². The van der Waals surface area contributed by atoms with Gasteiger partial charge in [-0.05, 0) is 37.8 Å². The topological polar surface area (TPSA) is 29.3 Å². The number of benzene rings is 1. The zero-order valence-corrected chi connectivity index (χ0v) is 10.4. The molecular weight excluding hydrogens is 196 g/mol. The van der Waals surface area contributed by atoms with Gasteiger partial charge in [-0.2, -0.15) is 0 Å². The van der Waals surface area contributed by atoms with Crippen molar-refractivity contribution in [3.05, 3.63) is 29.3 Å². The Morgan fingerprint density at radius 3 is 2.94 bits per heavy atom. The average Bonchev–Trinajstić information content (AvgIpc) is 2.30. The summed E-state index contributed by atoms with van der Waals surface area (Å²) in [6.45, 7) is 6.30. The summed E-state index contributed by atoms with van der Waals surface area (Å²) in [5.74, 6) is 0. The molecule has 16 heavy (non-hydrogen) atoms. The van der Waals surface area contributed by atoms with Crippen LogP contribution in [-0.4, -0.2) is 19.1 Å². The second-order valence-electron chi connectivity index (χ2n) is 4.73. The van der Waals surface area contributed by atoms with Crippen LogP contribution in [0.15, 0.2) is 18.2 Å². The van der Waals surface area contributed by atoms with E-state index in [-0.39, 0.29) is 0 Å². The number of anilines is 1. The van der Waals surface area contributed by atoms with Crippen LogP contribution < -0.4 is 10.6 Å². The largest absolute Gasteiger partial charge is 0.367 e. The third-order valence-corrected chi connectivity index (χ3v) is 3.57. The second-order valence-corrected chi connectivity index (χ2v) is 4.73. The number of nitrogens with zero attached hydrogens (tertiary/aromatic N) is 1. The van der Waals surface area contributed by atoms with Crippen molar-refractivity contribution in [2.45, 2.75) is 39.2 Å². The van der Waals surface area contributed by atoms with Gasteiger partial charge in [-0.15, -0.1) is 0 Å². The maximum atomic E-state index is 5.86. The zero-order valence-electron chi connectivity index (χ0n) is 10.4. The van der Waals surface area contributed by atoms with Crippen LogP contribution in [0.1, 0.15) is 30.9 Å². The molecule has 0 aromatic heterocycles. The highest BCUT2D eigenvalue weighted by molar-refractivity contribution is 5.57. The van der Waals surface area contributed by atoms with Crippen molar-refractivity contribution in [3.8, 4) is 0 Å². The molecule has 2 rings (SSSR count). The first-order valence-electron chi connectivity index (χ1n) is 6.32. The van der Waals surface area contributed by atoms with Crippen molar-refractivity contribution in [2.75, 3.05) is 18.0 Å². The van der Waals surface area contributed by atoms with Gasteiger partial charge in [-0.3, -0.25) is 0 Å². The summed E-state index contributed by atoms with van der Waals surface area (Å²) in [7, 11) is 0. The molecule has 1 heterocycles. The van der Waals surface area contributed by atoms with Crippen LogP contribution in [0, 0.1) is 6.92 Å². The molecule has 2 N–H and O–H groups in total. The summed E-state index contributed by atoms with van der Waals surface area (Å²) in [5, 5.41) is 0. The first-order valence-corrected chi connectivity index (χ1v) is 6.32. The average molecular weight is 218 g/mol. The van der Waals surface area contributed by atoms with E-state index in [9.17, 15) is 0 Å². The number of rotatable bonds is 3. The van der Waals surface area contributed by atoms with E-state index in [1.807, 2.05) is 0 Å². The molecule has 0 spiro atoms. The summed E-state index contributed by atoms with van der Waals surface area (Å²) in [6.07, 6.45) is 3.60. The fourth-order valence-corrected chi connectivity index (χ4v) is 2.65. The van der Waals surface area contributed by atoms with E-state index in [0.29, 0.717) is 6.04 Å². The van der Waals surface area contributed by atoms with Gasteiger partial charge in [0.05, 0.1) is 0 Å². The number of aryl methyl sites for hydroxylation is 2. The van der Waals surface area contributed by atoms with Crippen LogP contribution in [0.2, 0.25) is 0 Å². The summed E-state index contributed by atoms with van der Waals surface area (Å²) < 4.78 is 0. The van der Waals surface area contributed by atoms with E-state index in [4.69, 9.17) is 5.73 Å². The Morgan fingerprint density at radius 1 is 1.44 bits per heavy atom. The lowest BCUT2D eigenvalue weighted by molar-refractivity contribution is 0.552. The van der Waals surface area contributed by atoms with E-state index in [2.05, 4.69) is 36.9 Å². The zero-order chi connectivity index (χ0) is 11.5. The summed E-state index contributed by atoms with van der Waals surface area (Å²) in [5.41, 5.74) is 10.1. The SMILES string of the molecule is CCC(CN)N1CCCc2cc(C)ccc21. The molecule has 1 aliphatic heterocycles. The monoisotopic (exact) mass is 218 g/mol. The molecular formula is C14H22N2. The van der Waals surface area contributed by atoms with Crippen molar-refractivity contribution < 1.29 is 0 Å². The van der Waals surface area contributed by atoms with Crippen LogP contribution in [-0.2, 0) is 6.42 Å². The Balaban J connectivity index is 2.32.